The fourth-order valence-electron chi connectivity index (χ4n) is 6.85. The van der Waals surface area contributed by atoms with Gasteiger partial charge in [-0.05, 0) is 63.0 Å². The third-order valence-electron chi connectivity index (χ3n) is 9.25. The molecule has 0 unspecified atom stereocenters. The van der Waals surface area contributed by atoms with Gasteiger partial charge in [0.05, 0.1) is 18.8 Å². The average Bonchev–Trinajstić information content (AvgIpc) is 3.21. The zero-order valence-corrected chi connectivity index (χ0v) is 23.8. The van der Waals surface area contributed by atoms with Crippen LogP contribution in [0.1, 0.15) is 73.1 Å². The van der Waals surface area contributed by atoms with Crippen molar-refractivity contribution in [2.24, 2.45) is 22.9 Å². The molecule has 3 saturated heterocycles. The van der Waals surface area contributed by atoms with Crippen LogP contribution in [-0.2, 0) is 23.7 Å². The predicted molar refractivity (Wildman–Crippen MR) is 146 cm³/mol. The van der Waals surface area contributed by atoms with Crippen molar-refractivity contribution in [2.75, 3.05) is 6.61 Å². The summed E-state index contributed by atoms with van der Waals surface area (Å²) >= 11 is 0. The maximum absolute atomic E-state index is 13.9. The van der Waals surface area contributed by atoms with Gasteiger partial charge in [0.15, 0.2) is 5.79 Å². The third-order valence-corrected chi connectivity index (χ3v) is 9.25. The van der Waals surface area contributed by atoms with E-state index in [0.29, 0.717) is 36.3 Å². The SMILES string of the molecule is CC1=C[C@H]2C(=O)O[C@H]3C[C@@H](C/C=C(\C)C[C@@H](C)C=CC=C4CO[C@H](/C1=N/O)[C@@]42O)O[C@@]1(CC[C@H](C)[C@@H](C)O1)C3. The highest BCUT2D eigenvalue weighted by molar-refractivity contribution is 6.06. The van der Waals surface area contributed by atoms with E-state index in [-0.39, 0.29) is 30.4 Å². The zero-order valence-electron chi connectivity index (χ0n) is 23.8. The molecule has 4 heterocycles. The van der Waals surface area contributed by atoms with Crippen LogP contribution in [0.15, 0.2) is 52.3 Å². The van der Waals surface area contributed by atoms with Gasteiger partial charge in [-0.1, -0.05) is 55.0 Å². The van der Waals surface area contributed by atoms with Crippen LogP contribution in [0.5, 0.6) is 0 Å². The lowest BCUT2D eigenvalue weighted by Gasteiger charge is -2.49. The summed E-state index contributed by atoms with van der Waals surface area (Å²) < 4.78 is 25.3. The molecule has 8 nitrogen and oxygen atoms in total. The molecule has 0 amide bonds. The monoisotopic (exact) mass is 541 g/mol. The number of hydrogen-bond donors (Lipinski definition) is 2. The lowest BCUT2D eigenvalue weighted by Crippen LogP contribution is -2.57. The first-order valence-electron chi connectivity index (χ1n) is 14.4. The van der Waals surface area contributed by atoms with Crippen molar-refractivity contribution in [3.05, 3.63) is 47.1 Å². The van der Waals surface area contributed by atoms with Crippen molar-refractivity contribution in [3.8, 4) is 0 Å². The Hall–Kier alpha value is -2.26. The molecule has 2 bridgehead atoms. The maximum Gasteiger partial charge on any atom is 0.316 e. The van der Waals surface area contributed by atoms with Gasteiger partial charge in [-0.2, -0.15) is 0 Å². The lowest BCUT2D eigenvalue weighted by molar-refractivity contribution is -0.332. The van der Waals surface area contributed by atoms with Gasteiger partial charge >= 0.3 is 5.97 Å². The summed E-state index contributed by atoms with van der Waals surface area (Å²) in [4.78, 5) is 13.9. The van der Waals surface area contributed by atoms with Gasteiger partial charge in [-0.15, -0.1) is 0 Å². The first-order valence-corrected chi connectivity index (χ1v) is 14.4. The summed E-state index contributed by atoms with van der Waals surface area (Å²) in [6.07, 6.45) is 12.6. The first-order chi connectivity index (χ1) is 18.5. The van der Waals surface area contributed by atoms with Crippen LogP contribution in [-0.4, -0.2) is 64.4 Å². The van der Waals surface area contributed by atoms with Crippen molar-refractivity contribution < 1.29 is 34.1 Å². The Labute approximate surface area is 231 Å². The fourth-order valence-corrected chi connectivity index (χ4v) is 6.85. The van der Waals surface area contributed by atoms with E-state index in [9.17, 15) is 15.1 Å². The molecule has 0 radical (unpaired) electrons. The predicted octanol–water partition coefficient (Wildman–Crippen LogP) is 5.00. The standard InChI is InChI=1S/C31H43NO7/c1-18-7-6-8-23-17-36-28-27(32-35)21(4)14-26(31(23,28)34)29(33)37-25-15-24(10-9-19(2)13-18)39-30(16-25)12-11-20(3)22(5)38-30/h6-9,14,18,20,22,24-26,28,34-35H,10-13,15-17H2,1-5H3/b7-6?,19-9+,23-8?,32-27+/t18-,20-,22+,24+,25-,26-,28+,30-,31+/m0/s1. The van der Waals surface area contributed by atoms with Gasteiger partial charge in [0.2, 0.25) is 0 Å². The van der Waals surface area contributed by atoms with E-state index in [1.54, 1.807) is 13.0 Å². The number of carbonyl (C=O) groups is 1. The van der Waals surface area contributed by atoms with E-state index in [4.69, 9.17) is 18.9 Å². The largest absolute Gasteiger partial charge is 0.462 e. The number of esters is 1. The molecule has 5 aliphatic rings. The van der Waals surface area contributed by atoms with E-state index in [0.717, 1.165) is 19.3 Å². The van der Waals surface area contributed by atoms with Crippen LogP contribution in [0.2, 0.25) is 0 Å². The van der Waals surface area contributed by atoms with Crippen LogP contribution in [0.4, 0.5) is 0 Å². The number of hydrogen-bond acceptors (Lipinski definition) is 8. The second-order valence-electron chi connectivity index (χ2n) is 12.4. The highest BCUT2D eigenvalue weighted by Gasteiger charge is 2.59. The number of oxime groups is 1. The summed E-state index contributed by atoms with van der Waals surface area (Å²) in [6.45, 7) is 10.4. The van der Waals surface area contributed by atoms with Crippen LogP contribution in [0, 0.1) is 17.8 Å². The van der Waals surface area contributed by atoms with Crippen molar-refractivity contribution in [3.63, 3.8) is 0 Å². The second-order valence-corrected chi connectivity index (χ2v) is 12.4. The van der Waals surface area contributed by atoms with Crippen molar-refractivity contribution in [1.29, 1.82) is 0 Å². The minimum Gasteiger partial charge on any atom is -0.462 e. The molecular formula is C31H43NO7. The molecule has 8 heteroatoms. The number of aliphatic hydroxyl groups is 1. The topological polar surface area (TPSA) is 107 Å². The molecule has 3 fully saturated rings. The Balaban J connectivity index is 1.53. The molecule has 4 aliphatic heterocycles. The highest BCUT2D eigenvalue weighted by atomic mass is 16.7. The molecule has 1 spiro atoms. The molecule has 9 atom stereocenters. The fraction of sp³-hybridized carbons (Fsp3) is 0.677. The summed E-state index contributed by atoms with van der Waals surface area (Å²) in [5.41, 5.74) is 0.916. The number of fused-ring (bicyclic) bond motifs is 2. The zero-order chi connectivity index (χ0) is 27.9. The molecular weight excluding hydrogens is 498 g/mol. The molecule has 214 valence electrons. The van der Waals surface area contributed by atoms with E-state index >= 15 is 0 Å². The average molecular weight is 542 g/mol. The minimum absolute atomic E-state index is 0.0431. The minimum atomic E-state index is -1.72. The van der Waals surface area contributed by atoms with Gasteiger partial charge < -0.3 is 29.3 Å². The van der Waals surface area contributed by atoms with Crippen LogP contribution in [0.3, 0.4) is 0 Å². The van der Waals surface area contributed by atoms with Crippen molar-refractivity contribution >= 4 is 11.7 Å². The second kappa shape index (κ2) is 11.0. The number of ether oxygens (including phenoxy) is 4. The van der Waals surface area contributed by atoms with E-state index in [2.05, 4.69) is 45.0 Å². The van der Waals surface area contributed by atoms with E-state index in [1.807, 2.05) is 12.2 Å². The molecule has 0 aromatic heterocycles. The van der Waals surface area contributed by atoms with Crippen LogP contribution >= 0.6 is 0 Å². The highest BCUT2D eigenvalue weighted by Crippen LogP contribution is 2.46. The summed E-state index contributed by atoms with van der Waals surface area (Å²) in [7, 11) is 0. The van der Waals surface area contributed by atoms with Gasteiger partial charge in [-0.3, -0.25) is 4.79 Å². The van der Waals surface area contributed by atoms with Crippen molar-refractivity contribution in [2.45, 2.75) is 109 Å². The van der Waals surface area contributed by atoms with Gasteiger partial charge in [0.1, 0.15) is 29.4 Å². The van der Waals surface area contributed by atoms with Crippen molar-refractivity contribution in [1.82, 2.24) is 0 Å². The molecule has 0 saturated carbocycles. The summed E-state index contributed by atoms with van der Waals surface area (Å²) in [5, 5.41) is 25.2. The Bertz CT molecular complexity index is 1120. The molecule has 39 heavy (non-hydrogen) atoms. The van der Waals surface area contributed by atoms with Crippen LogP contribution < -0.4 is 0 Å². The molecule has 1 aliphatic carbocycles. The Morgan fingerprint density at radius 3 is 2.67 bits per heavy atom. The maximum atomic E-state index is 13.9. The van der Waals surface area contributed by atoms with Gasteiger partial charge in [0, 0.05) is 19.3 Å². The Morgan fingerprint density at radius 1 is 1.13 bits per heavy atom. The van der Waals surface area contributed by atoms with E-state index < -0.39 is 35.5 Å². The van der Waals surface area contributed by atoms with Gasteiger partial charge in [0.25, 0.3) is 0 Å². The Kier molecular flexibility index (Phi) is 7.94. The summed E-state index contributed by atoms with van der Waals surface area (Å²) in [6, 6.07) is 0. The number of allylic oxidation sites excluding steroid dienone is 4. The number of rotatable bonds is 0. The molecule has 5 rings (SSSR count). The third kappa shape index (κ3) is 5.41. The van der Waals surface area contributed by atoms with Crippen LogP contribution in [0.25, 0.3) is 0 Å². The summed E-state index contributed by atoms with van der Waals surface area (Å²) in [5.74, 6) is -1.62. The smallest absolute Gasteiger partial charge is 0.316 e. The van der Waals surface area contributed by atoms with Gasteiger partial charge in [-0.25, -0.2) is 0 Å². The number of nitrogens with zero attached hydrogens (tertiary/aromatic N) is 1. The molecule has 2 N–H and O–H groups in total. The molecule has 0 aromatic rings. The first kappa shape index (κ1) is 28.3. The number of carbonyl (C=O) groups excluding carboxylic acids is 1. The quantitative estimate of drug-likeness (QED) is 0.192. The molecule has 0 aromatic carbocycles. The van der Waals surface area contributed by atoms with E-state index in [1.165, 1.54) is 5.57 Å². The lowest BCUT2D eigenvalue weighted by atomic mass is 9.71. The normalized spacial score (nSPS) is 45.7. The Morgan fingerprint density at radius 2 is 1.92 bits per heavy atom.